The van der Waals surface area contributed by atoms with Crippen molar-refractivity contribution in [3.05, 3.63) is 113 Å². The molecule has 0 bridgehead atoms. The minimum atomic E-state index is -4.78. The fourth-order valence-corrected chi connectivity index (χ4v) is 4.23. The van der Waals surface area contributed by atoms with E-state index in [2.05, 4.69) is 15.7 Å². The van der Waals surface area contributed by atoms with Gasteiger partial charge < -0.3 is 15.4 Å². The molecule has 1 atom stereocenters. The highest BCUT2D eigenvalue weighted by Crippen LogP contribution is 2.32. The molecule has 0 fully saturated rings. The number of benzene rings is 3. The van der Waals surface area contributed by atoms with Gasteiger partial charge in [-0.25, -0.2) is 9.48 Å². The molecule has 2 N–H and O–H groups in total. The normalized spacial score (nSPS) is 12.5. The first-order valence-corrected chi connectivity index (χ1v) is 13.1. The topological polar surface area (TPSA) is 85.2 Å². The van der Waals surface area contributed by atoms with Gasteiger partial charge in [0, 0.05) is 18.3 Å². The lowest BCUT2D eigenvalue weighted by Crippen LogP contribution is -2.32. The second-order valence-corrected chi connectivity index (χ2v) is 10.6. The standard InChI is InChI=1S/C30H28ClF3N4O3/c1-29(2,3)41-28(40)35-18-19-9-7-14-23(15-19)38-24(17-25(37-38)30(32,33)34)27(39)36-22-13-8-12-21(16-22)26(31)20-10-5-4-6-11-20/h4-17,26H,18H2,1-3H3,(H,35,40)(H,36,39). The Balaban J connectivity index is 1.59. The number of amides is 2. The predicted molar refractivity (Wildman–Crippen MR) is 150 cm³/mol. The Labute approximate surface area is 240 Å². The Morgan fingerprint density at radius 3 is 2.29 bits per heavy atom. The van der Waals surface area contributed by atoms with E-state index in [1.54, 1.807) is 57.2 Å². The van der Waals surface area contributed by atoms with Crippen LogP contribution in [-0.4, -0.2) is 27.4 Å². The average Bonchev–Trinajstić information content (AvgIpc) is 3.38. The number of nitrogens with zero attached hydrogens (tertiary/aromatic N) is 2. The summed E-state index contributed by atoms with van der Waals surface area (Å²) >= 11 is 6.62. The number of alkyl carbamates (subject to hydrolysis) is 1. The first-order chi connectivity index (χ1) is 19.3. The van der Waals surface area contributed by atoms with Gasteiger partial charge in [0.1, 0.15) is 11.3 Å². The molecule has 4 aromatic rings. The summed E-state index contributed by atoms with van der Waals surface area (Å²) in [7, 11) is 0. The zero-order chi connectivity index (χ0) is 29.8. The number of hydrogen-bond acceptors (Lipinski definition) is 4. The molecule has 3 aromatic carbocycles. The average molecular weight is 585 g/mol. The highest BCUT2D eigenvalue weighted by atomic mass is 35.5. The summed E-state index contributed by atoms with van der Waals surface area (Å²) in [6, 6.07) is 23.1. The molecule has 41 heavy (non-hydrogen) atoms. The Kier molecular flexibility index (Phi) is 8.72. The van der Waals surface area contributed by atoms with Crippen LogP contribution in [0.1, 0.15) is 59.0 Å². The van der Waals surface area contributed by atoms with Crippen LogP contribution < -0.4 is 10.6 Å². The number of carbonyl (C=O) groups excluding carboxylic acids is 2. The summed E-state index contributed by atoms with van der Waals surface area (Å²) in [5.41, 5.74) is 0.424. The molecule has 0 aliphatic carbocycles. The molecule has 4 rings (SSSR count). The Bertz CT molecular complexity index is 1530. The molecular weight excluding hydrogens is 557 g/mol. The van der Waals surface area contributed by atoms with Gasteiger partial charge in [0.25, 0.3) is 5.91 Å². The highest BCUT2D eigenvalue weighted by molar-refractivity contribution is 6.22. The maximum absolute atomic E-state index is 13.6. The van der Waals surface area contributed by atoms with Crippen molar-refractivity contribution in [2.45, 2.75) is 44.5 Å². The van der Waals surface area contributed by atoms with Crippen LogP contribution in [0, 0.1) is 0 Å². The van der Waals surface area contributed by atoms with Crippen LogP contribution in [-0.2, 0) is 17.5 Å². The van der Waals surface area contributed by atoms with Crippen molar-refractivity contribution in [1.82, 2.24) is 15.1 Å². The number of hydrogen-bond donors (Lipinski definition) is 2. The van der Waals surface area contributed by atoms with E-state index in [0.717, 1.165) is 10.2 Å². The first-order valence-electron chi connectivity index (χ1n) is 12.6. The van der Waals surface area contributed by atoms with Crippen molar-refractivity contribution in [2.24, 2.45) is 0 Å². The van der Waals surface area contributed by atoms with Gasteiger partial charge in [-0.3, -0.25) is 4.79 Å². The zero-order valence-corrected chi connectivity index (χ0v) is 23.3. The third-order valence-corrected chi connectivity index (χ3v) is 6.26. The van der Waals surface area contributed by atoms with E-state index in [1.807, 2.05) is 30.3 Å². The van der Waals surface area contributed by atoms with E-state index in [-0.39, 0.29) is 17.9 Å². The SMILES string of the molecule is CC(C)(C)OC(=O)NCc1cccc(-n2nc(C(F)(F)F)cc2C(=O)Nc2cccc(C(Cl)c3ccccc3)c2)c1. The van der Waals surface area contributed by atoms with Gasteiger partial charge in [-0.2, -0.15) is 18.3 Å². The van der Waals surface area contributed by atoms with Crippen LogP contribution in [0.4, 0.5) is 23.7 Å². The third kappa shape index (κ3) is 7.88. The summed E-state index contributed by atoms with van der Waals surface area (Å²) in [4.78, 5) is 25.3. The molecule has 1 unspecified atom stereocenters. The minimum absolute atomic E-state index is 0.0471. The monoisotopic (exact) mass is 584 g/mol. The molecule has 2 amide bonds. The number of carbonyl (C=O) groups is 2. The summed E-state index contributed by atoms with van der Waals surface area (Å²) in [5, 5.41) is 8.45. The summed E-state index contributed by atoms with van der Waals surface area (Å²) < 4.78 is 47.0. The Morgan fingerprint density at radius 1 is 0.927 bits per heavy atom. The Morgan fingerprint density at radius 2 is 1.61 bits per heavy atom. The van der Waals surface area contributed by atoms with Crippen molar-refractivity contribution in [1.29, 1.82) is 0 Å². The van der Waals surface area contributed by atoms with Crippen LogP contribution >= 0.6 is 11.6 Å². The first kappa shape index (κ1) is 29.7. The fourth-order valence-electron chi connectivity index (χ4n) is 3.95. The van der Waals surface area contributed by atoms with Gasteiger partial charge in [-0.05, 0) is 61.7 Å². The van der Waals surface area contributed by atoms with E-state index >= 15 is 0 Å². The predicted octanol–water partition coefficient (Wildman–Crippen LogP) is 7.50. The van der Waals surface area contributed by atoms with Crippen LogP contribution in [0.2, 0.25) is 0 Å². The van der Waals surface area contributed by atoms with Crippen molar-refractivity contribution in [3.63, 3.8) is 0 Å². The summed E-state index contributed by atoms with van der Waals surface area (Å²) in [6.07, 6.45) is -5.42. The largest absolute Gasteiger partial charge is 0.444 e. The van der Waals surface area contributed by atoms with Crippen molar-refractivity contribution in [3.8, 4) is 5.69 Å². The van der Waals surface area contributed by atoms with Gasteiger partial charge in [0.2, 0.25) is 0 Å². The lowest BCUT2D eigenvalue weighted by atomic mass is 10.0. The highest BCUT2D eigenvalue weighted by Gasteiger charge is 2.36. The molecule has 214 valence electrons. The molecule has 0 spiro atoms. The summed E-state index contributed by atoms with van der Waals surface area (Å²) in [6.45, 7) is 5.22. The molecule has 0 saturated heterocycles. The second kappa shape index (κ2) is 12.1. The second-order valence-electron chi connectivity index (χ2n) is 10.2. The molecule has 1 aromatic heterocycles. The van der Waals surface area contributed by atoms with Crippen LogP contribution in [0.3, 0.4) is 0 Å². The lowest BCUT2D eigenvalue weighted by Gasteiger charge is -2.19. The minimum Gasteiger partial charge on any atom is -0.444 e. The van der Waals surface area contributed by atoms with E-state index in [1.165, 1.54) is 12.1 Å². The molecule has 0 saturated carbocycles. The number of anilines is 1. The van der Waals surface area contributed by atoms with Gasteiger partial charge >= 0.3 is 12.3 Å². The van der Waals surface area contributed by atoms with Gasteiger partial charge in [0.15, 0.2) is 5.69 Å². The van der Waals surface area contributed by atoms with Gasteiger partial charge in [-0.15, -0.1) is 11.6 Å². The number of halogens is 4. The third-order valence-electron chi connectivity index (χ3n) is 5.75. The number of nitrogens with one attached hydrogen (secondary N) is 2. The maximum Gasteiger partial charge on any atom is 0.435 e. The van der Waals surface area contributed by atoms with E-state index in [9.17, 15) is 22.8 Å². The molecule has 7 nitrogen and oxygen atoms in total. The van der Waals surface area contributed by atoms with E-state index in [4.69, 9.17) is 16.3 Å². The number of aromatic nitrogens is 2. The summed E-state index contributed by atoms with van der Waals surface area (Å²) in [5.74, 6) is -0.798. The van der Waals surface area contributed by atoms with Crippen LogP contribution in [0.5, 0.6) is 0 Å². The smallest absolute Gasteiger partial charge is 0.435 e. The van der Waals surface area contributed by atoms with E-state index in [0.29, 0.717) is 22.9 Å². The van der Waals surface area contributed by atoms with Crippen LogP contribution in [0.15, 0.2) is 84.9 Å². The number of alkyl halides is 4. The van der Waals surface area contributed by atoms with Crippen molar-refractivity contribution < 1.29 is 27.5 Å². The van der Waals surface area contributed by atoms with Gasteiger partial charge in [-0.1, -0.05) is 54.6 Å². The molecule has 1 heterocycles. The number of rotatable bonds is 7. The molecule has 0 aliphatic rings. The van der Waals surface area contributed by atoms with Crippen LogP contribution in [0.25, 0.3) is 5.69 Å². The number of ether oxygens (including phenoxy) is 1. The van der Waals surface area contributed by atoms with E-state index < -0.39 is 34.8 Å². The van der Waals surface area contributed by atoms with Gasteiger partial charge in [0.05, 0.1) is 11.1 Å². The molecule has 0 aliphatic heterocycles. The van der Waals surface area contributed by atoms with Crippen molar-refractivity contribution >= 4 is 29.3 Å². The quantitative estimate of drug-likeness (QED) is 0.220. The molecule has 0 radical (unpaired) electrons. The fraction of sp³-hybridized carbons (Fsp3) is 0.233. The van der Waals surface area contributed by atoms with Crippen molar-refractivity contribution in [2.75, 3.05) is 5.32 Å². The molecular formula is C30H28ClF3N4O3. The zero-order valence-electron chi connectivity index (χ0n) is 22.5. The Hall–Kier alpha value is -4.31. The maximum atomic E-state index is 13.6. The lowest BCUT2D eigenvalue weighted by molar-refractivity contribution is -0.141. The molecule has 11 heteroatoms.